The first-order chi connectivity index (χ1) is 12.6. The van der Waals surface area contributed by atoms with E-state index in [9.17, 15) is 4.79 Å². The summed E-state index contributed by atoms with van der Waals surface area (Å²) < 4.78 is 3.65. The average molecular weight is 349 g/mol. The summed E-state index contributed by atoms with van der Waals surface area (Å²) in [4.78, 5) is 15.0. The van der Waals surface area contributed by atoms with Crippen molar-refractivity contribution in [2.24, 2.45) is 7.05 Å². The van der Waals surface area contributed by atoms with Crippen LogP contribution in [-0.2, 0) is 7.05 Å². The Morgan fingerprint density at radius 2 is 2.00 bits per heavy atom. The second-order valence-electron chi connectivity index (χ2n) is 6.90. The SMILES string of the molecule is Cc1c(C(=O)N2CCCC(c3ccn(C)n3)C2)cnn1-c1ccccc1. The molecule has 1 aliphatic rings. The summed E-state index contributed by atoms with van der Waals surface area (Å²) in [7, 11) is 1.93. The van der Waals surface area contributed by atoms with Gasteiger partial charge in [0.15, 0.2) is 0 Å². The van der Waals surface area contributed by atoms with E-state index in [-0.39, 0.29) is 5.91 Å². The molecule has 4 rings (SSSR count). The third-order valence-electron chi connectivity index (χ3n) is 5.10. The molecule has 2 aromatic heterocycles. The van der Waals surface area contributed by atoms with Gasteiger partial charge in [0.05, 0.1) is 28.8 Å². The Balaban J connectivity index is 1.55. The van der Waals surface area contributed by atoms with Crippen LogP contribution in [0.25, 0.3) is 5.69 Å². The van der Waals surface area contributed by atoms with Crippen LogP contribution in [0.4, 0.5) is 0 Å². The lowest BCUT2D eigenvalue weighted by atomic mass is 9.94. The highest BCUT2D eigenvalue weighted by atomic mass is 16.2. The molecule has 1 aromatic carbocycles. The van der Waals surface area contributed by atoms with Crippen molar-refractivity contribution in [2.75, 3.05) is 13.1 Å². The molecule has 3 aromatic rings. The van der Waals surface area contributed by atoms with Gasteiger partial charge >= 0.3 is 0 Å². The summed E-state index contributed by atoms with van der Waals surface area (Å²) in [5.74, 6) is 0.365. The van der Waals surface area contributed by atoms with E-state index < -0.39 is 0 Å². The van der Waals surface area contributed by atoms with Crippen molar-refractivity contribution in [2.45, 2.75) is 25.7 Å². The van der Waals surface area contributed by atoms with Gasteiger partial charge in [-0.2, -0.15) is 10.2 Å². The standard InChI is InChI=1S/C20H23N5O/c1-15-18(13-21-25(15)17-8-4-3-5-9-17)20(26)24-11-6-7-16(14-24)19-10-12-23(2)22-19/h3-5,8-10,12-13,16H,6-7,11,14H2,1-2H3. The van der Waals surface area contributed by atoms with Crippen molar-refractivity contribution >= 4 is 5.91 Å². The van der Waals surface area contributed by atoms with E-state index >= 15 is 0 Å². The molecule has 26 heavy (non-hydrogen) atoms. The summed E-state index contributed by atoms with van der Waals surface area (Å²) >= 11 is 0. The van der Waals surface area contributed by atoms with Gasteiger partial charge in [0.25, 0.3) is 5.91 Å². The lowest BCUT2D eigenvalue weighted by Crippen LogP contribution is -2.39. The minimum Gasteiger partial charge on any atom is -0.338 e. The molecule has 0 saturated carbocycles. The molecule has 0 N–H and O–H groups in total. The average Bonchev–Trinajstić information content (AvgIpc) is 3.28. The molecule has 134 valence electrons. The van der Waals surface area contributed by atoms with Crippen LogP contribution in [0.1, 0.15) is 40.5 Å². The number of aromatic nitrogens is 4. The molecular formula is C20H23N5O. The van der Waals surface area contributed by atoms with E-state index in [1.54, 1.807) is 6.20 Å². The topological polar surface area (TPSA) is 56.0 Å². The second kappa shape index (κ2) is 6.78. The number of aryl methyl sites for hydroxylation is 1. The van der Waals surface area contributed by atoms with Crippen LogP contribution in [0.2, 0.25) is 0 Å². The molecule has 6 nitrogen and oxygen atoms in total. The predicted molar refractivity (Wildman–Crippen MR) is 99.4 cm³/mol. The van der Waals surface area contributed by atoms with Gasteiger partial charge < -0.3 is 4.90 Å². The van der Waals surface area contributed by atoms with E-state index in [2.05, 4.69) is 16.3 Å². The highest BCUT2D eigenvalue weighted by molar-refractivity contribution is 5.95. The van der Waals surface area contributed by atoms with Crippen molar-refractivity contribution in [1.82, 2.24) is 24.5 Å². The number of piperidine rings is 1. The number of hydrogen-bond donors (Lipinski definition) is 0. The molecule has 1 atom stereocenters. The van der Waals surface area contributed by atoms with Crippen LogP contribution in [0.5, 0.6) is 0 Å². The zero-order valence-corrected chi connectivity index (χ0v) is 15.2. The van der Waals surface area contributed by atoms with E-state index in [1.165, 1.54) is 0 Å². The minimum atomic E-state index is 0.0605. The van der Waals surface area contributed by atoms with E-state index in [0.717, 1.165) is 36.5 Å². The van der Waals surface area contributed by atoms with E-state index in [1.807, 2.05) is 64.8 Å². The Morgan fingerprint density at radius 1 is 1.19 bits per heavy atom. The van der Waals surface area contributed by atoms with Crippen molar-refractivity contribution in [3.05, 3.63) is 65.7 Å². The number of carbonyl (C=O) groups is 1. The quantitative estimate of drug-likeness (QED) is 0.730. The van der Waals surface area contributed by atoms with Gasteiger partial charge in [-0.15, -0.1) is 0 Å². The first kappa shape index (κ1) is 16.6. The van der Waals surface area contributed by atoms with Crippen LogP contribution in [0, 0.1) is 6.92 Å². The smallest absolute Gasteiger partial charge is 0.257 e. The molecule has 3 heterocycles. The Morgan fingerprint density at radius 3 is 2.73 bits per heavy atom. The number of nitrogens with zero attached hydrogens (tertiary/aromatic N) is 5. The van der Waals surface area contributed by atoms with Crippen LogP contribution in [-0.4, -0.2) is 43.5 Å². The number of rotatable bonds is 3. The summed E-state index contributed by atoms with van der Waals surface area (Å²) in [6.45, 7) is 3.46. The van der Waals surface area contributed by atoms with Gasteiger partial charge in [0.2, 0.25) is 0 Å². The van der Waals surface area contributed by atoms with Gasteiger partial charge in [0.1, 0.15) is 0 Å². The zero-order valence-electron chi connectivity index (χ0n) is 15.2. The fourth-order valence-corrected chi connectivity index (χ4v) is 3.67. The van der Waals surface area contributed by atoms with Crippen molar-refractivity contribution in [1.29, 1.82) is 0 Å². The van der Waals surface area contributed by atoms with Gasteiger partial charge in [-0.05, 0) is 38.0 Å². The zero-order chi connectivity index (χ0) is 18.1. The first-order valence-corrected chi connectivity index (χ1v) is 9.02. The van der Waals surface area contributed by atoms with Gasteiger partial charge in [-0.3, -0.25) is 9.48 Å². The molecule has 0 aliphatic carbocycles. The number of likely N-dealkylation sites (tertiary alicyclic amines) is 1. The second-order valence-corrected chi connectivity index (χ2v) is 6.90. The minimum absolute atomic E-state index is 0.0605. The maximum atomic E-state index is 13.1. The Labute approximate surface area is 153 Å². The number of hydrogen-bond acceptors (Lipinski definition) is 3. The lowest BCUT2D eigenvalue weighted by Gasteiger charge is -2.32. The molecule has 0 radical (unpaired) electrons. The fraction of sp³-hybridized carbons (Fsp3) is 0.350. The summed E-state index contributed by atoms with van der Waals surface area (Å²) in [6.07, 6.45) is 5.72. The summed E-state index contributed by atoms with van der Waals surface area (Å²) in [6, 6.07) is 12.0. The molecule has 0 bridgehead atoms. The predicted octanol–water partition coefficient (Wildman–Crippen LogP) is 2.93. The Bertz CT molecular complexity index is 911. The number of amides is 1. The molecule has 1 unspecified atom stereocenters. The van der Waals surface area contributed by atoms with Crippen molar-refractivity contribution < 1.29 is 4.79 Å². The van der Waals surface area contributed by atoms with Crippen LogP contribution >= 0.6 is 0 Å². The highest BCUT2D eigenvalue weighted by Gasteiger charge is 2.28. The van der Waals surface area contributed by atoms with E-state index in [0.29, 0.717) is 18.0 Å². The maximum absolute atomic E-state index is 13.1. The molecule has 6 heteroatoms. The first-order valence-electron chi connectivity index (χ1n) is 9.02. The Kier molecular flexibility index (Phi) is 4.32. The van der Waals surface area contributed by atoms with Crippen LogP contribution in [0.3, 0.4) is 0 Å². The monoisotopic (exact) mass is 349 g/mol. The summed E-state index contributed by atoms with van der Waals surface area (Å²) in [5, 5.41) is 8.96. The van der Waals surface area contributed by atoms with Crippen LogP contribution in [0.15, 0.2) is 48.8 Å². The number of carbonyl (C=O) groups excluding carboxylic acids is 1. The van der Waals surface area contributed by atoms with Crippen molar-refractivity contribution in [3.8, 4) is 5.69 Å². The van der Waals surface area contributed by atoms with E-state index in [4.69, 9.17) is 0 Å². The molecule has 0 spiro atoms. The number of benzene rings is 1. The maximum Gasteiger partial charge on any atom is 0.257 e. The molecule has 1 saturated heterocycles. The fourth-order valence-electron chi connectivity index (χ4n) is 3.67. The third-order valence-corrected chi connectivity index (χ3v) is 5.10. The van der Waals surface area contributed by atoms with Crippen molar-refractivity contribution in [3.63, 3.8) is 0 Å². The molecule has 1 amide bonds. The molecular weight excluding hydrogens is 326 g/mol. The highest BCUT2D eigenvalue weighted by Crippen LogP contribution is 2.27. The Hall–Kier alpha value is -2.89. The van der Waals surface area contributed by atoms with Gasteiger partial charge in [-0.1, -0.05) is 18.2 Å². The lowest BCUT2D eigenvalue weighted by molar-refractivity contribution is 0.0705. The largest absolute Gasteiger partial charge is 0.338 e. The van der Waals surface area contributed by atoms with Crippen LogP contribution < -0.4 is 0 Å². The molecule has 1 fully saturated rings. The summed E-state index contributed by atoms with van der Waals surface area (Å²) in [5.41, 5.74) is 3.59. The van der Waals surface area contributed by atoms with Gasteiger partial charge in [0, 0.05) is 32.3 Å². The third kappa shape index (κ3) is 3.03. The number of para-hydroxylation sites is 1. The normalized spacial score (nSPS) is 17.5. The van der Waals surface area contributed by atoms with Gasteiger partial charge in [-0.25, -0.2) is 4.68 Å². The molecule has 1 aliphatic heterocycles.